The number of aryl methyl sites for hydroxylation is 1. The number of nitrogens with one attached hydrogen (secondary N) is 1. The SMILES string of the molecule is N#C/C=C(\N)c1cc2c([nH]c1=S)CCC(c1ccccc1)C2. The highest BCUT2D eigenvalue weighted by molar-refractivity contribution is 7.71. The van der Waals surface area contributed by atoms with Crippen molar-refractivity contribution in [3.8, 4) is 6.07 Å². The molecule has 1 aromatic heterocycles. The van der Waals surface area contributed by atoms with Crippen molar-refractivity contribution in [1.82, 2.24) is 4.98 Å². The standard InChI is InChI=1S/C18H17N3S/c19-9-8-16(20)15-11-14-10-13(12-4-2-1-3-5-12)6-7-17(14)21-18(15)22/h1-5,8,11,13H,6-7,10,20H2,(H,21,22)/b16-8-. The maximum atomic E-state index is 8.77. The molecule has 1 aromatic carbocycles. The van der Waals surface area contributed by atoms with Crippen molar-refractivity contribution < 1.29 is 0 Å². The van der Waals surface area contributed by atoms with Gasteiger partial charge in [0, 0.05) is 17.3 Å². The summed E-state index contributed by atoms with van der Waals surface area (Å²) in [5.74, 6) is 0.520. The molecule has 1 unspecified atom stereocenters. The van der Waals surface area contributed by atoms with Gasteiger partial charge in [0.2, 0.25) is 0 Å². The molecule has 0 saturated carbocycles. The number of nitrogens with zero attached hydrogens (tertiary/aromatic N) is 1. The fraction of sp³-hybridized carbons (Fsp3) is 0.222. The first-order valence-electron chi connectivity index (χ1n) is 7.34. The molecular weight excluding hydrogens is 290 g/mol. The van der Waals surface area contributed by atoms with Gasteiger partial charge in [-0.25, -0.2) is 0 Å². The monoisotopic (exact) mass is 307 g/mol. The van der Waals surface area contributed by atoms with Crippen molar-refractivity contribution >= 4 is 17.9 Å². The topological polar surface area (TPSA) is 65.6 Å². The normalized spacial score (nSPS) is 17.6. The van der Waals surface area contributed by atoms with E-state index in [0.29, 0.717) is 16.3 Å². The van der Waals surface area contributed by atoms with E-state index in [9.17, 15) is 0 Å². The Morgan fingerprint density at radius 3 is 2.86 bits per heavy atom. The van der Waals surface area contributed by atoms with Gasteiger partial charge in [-0.1, -0.05) is 42.5 Å². The molecule has 3 N–H and O–H groups in total. The number of allylic oxidation sites excluding steroid dienone is 1. The highest BCUT2D eigenvalue weighted by Crippen LogP contribution is 2.32. The first-order valence-corrected chi connectivity index (χ1v) is 7.75. The van der Waals surface area contributed by atoms with Crippen LogP contribution in [0.4, 0.5) is 0 Å². The van der Waals surface area contributed by atoms with Gasteiger partial charge in [-0.15, -0.1) is 0 Å². The first-order chi connectivity index (χ1) is 10.7. The maximum absolute atomic E-state index is 8.77. The van der Waals surface area contributed by atoms with Crippen molar-refractivity contribution in [2.45, 2.75) is 25.2 Å². The quantitative estimate of drug-likeness (QED) is 0.654. The number of nitrogens with two attached hydrogens (primary N) is 1. The predicted molar refractivity (Wildman–Crippen MR) is 90.6 cm³/mol. The number of hydrogen-bond acceptors (Lipinski definition) is 3. The molecule has 22 heavy (non-hydrogen) atoms. The molecule has 2 aromatic rings. The fourth-order valence-electron chi connectivity index (χ4n) is 3.07. The van der Waals surface area contributed by atoms with Crippen LogP contribution in [0.25, 0.3) is 5.70 Å². The van der Waals surface area contributed by atoms with Gasteiger partial charge in [-0.05, 0) is 42.4 Å². The van der Waals surface area contributed by atoms with Gasteiger partial charge in [0.1, 0.15) is 4.64 Å². The number of aromatic amines is 1. The molecule has 1 aliphatic carbocycles. The Bertz CT molecular complexity index is 812. The van der Waals surface area contributed by atoms with Crippen LogP contribution in [0.2, 0.25) is 0 Å². The molecule has 0 amide bonds. The second kappa shape index (κ2) is 6.17. The highest BCUT2D eigenvalue weighted by atomic mass is 32.1. The van der Waals surface area contributed by atoms with Crippen LogP contribution in [0.5, 0.6) is 0 Å². The van der Waals surface area contributed by atoms with Crippen LogP contribution in [0.3, 0.4) is 0 Å². The lowest BCUT2D eigenvalue weighted by atomic mass is 9.82. The second-order valence-corrected chi connectivity index (χ2v) is 6.00. The van der Waals surface area contributed by atoms with E-state index >= 15 is 0 Å². The van der Waals surface area contributed by atoms with Gasteiger partial charge >= 0.3 is 0 Å². The summed E-state index contributed by atoms with van der Waals surface area (Å²) in [7, 11) is 0. The lowest BCUT2D eigenvalue weighted by Gasteiger charge is -2.25. The van der Waals surface area contributed by atoms with Crippen LogP contribution in [-0.4, -0.2) is 4.98 Å². The van der Waals surface area contributed by atoms with Crippen LogP contribution in [0.15, 0.2) is 42.5 Å². The van der Waals surface area contributed by atoms with Crippen molar-refractivity contribution in [2.75, 3.05) is 0 Å². The molecule has 110 valence electrons. The Morgan fingerprint density at radius 1 is 1.36 bits per heavy atom. The van der Waals surface area contributed by atoms with Gasteiger partial charge < -0.3 is 10.7 Å². The zero-order valence-electron chi connectivity index (χ0n) is 12.2. The van der Waals surface area contributed by atoms with E-state index < -0.39 is 0 Å². The molecular formula is C18H17N3S. The second-order valence-electron chi connectivity index (χ2n) is 5.60. The van der Waals surface area contributed by atoms with Crippen molar-refractivity contribution in [1.29, 1.82) is 5.26 Å². The lowest BCUT2D eigenvalue weighted by molar-refractivity contribution is 0.573. The number of hydrogen-bond donors (Lipinski definition) is 2. The van der Waals surface area contributed by atoms with Crippen molar-refractivity contribution in [3.05, 3.63) is 69.5 Å². The summed E-state index contributed by atoms with van der Waals surface area (Å²) >= 11 is 5.36. The number of nitriles is 1. The minimum atomic E-state index is 0.424. The minimum absolute atomic E-state index is 0.424. The molecule has 1 heterocycles. The van der Waals surface area contributed by atoms with Crippen LogP contribution in [-0.2, 0) is 12.8 Å². The Kier molecular flexibility index (Phi) is 4.08. The summed E-state index contributed by atoms with van der Waals surface area (Å²) in [5, 5.41) is 8.77. The van der Waals surface area contributed by atoms with Crippen molar-refractivity contribution in [2.24, 2.45) is 5.73 Å². The third kappa shape index (κ3) is 2.81. The first kappa shape index (κ1) is 14.6. The number of rotatable bonds is 2. The Balaban J connectivity index is 1.97. The number of fused-ring (bicyclic) bond motifs is 1. The van der Waals surface area contributed by atoms with Crippen LogP contribution in [0, 0.1) is 16.0 Å². The molecule has 0 saturated heterocycles. The van der Waals surface area contributed by atoms with E-state index in [1.807, 2.05) is 18.2 Å². The van der Waals surface area contributed by atoms with Crippen molar-refractivity contribution in [3.63, 3.8) is 0 Å². The largest absolute Gasteiger partial charge is 0.398 e. The molecule has 0 fully saturated rings. The molecule has 0 aliphatic heterocycles. The van der Waals surface area contributed by atoms with E-state index in [4.69, 9.17) is 23.2 Å². The smallest absolute Gasteiger partial charge is 0.112 e. The molecule has 0 bridgehead atoms. The molecule has 0 spiro atoms. The zero-order chi connectivity index (χ0) is 15.5. The van der Waals surface area contributed by atoms with E-state index in [2.05, 4.69) is 29.2 Å². The van der Waals surface area contributed by atoms with E-state index in [1.54, 1.807) is 0 Å². The summed E-state index contributed by atoms with van der Waals surface area (Å²) in [5.41, 5.74) is 10.9. The average molecular weight is 307 g/mol. The molecule has 0 radical (unpaired) electrons. The van der Waals surface area contributed by atoms with Gasteiger partial charge in [-0.2, -0.15) is 5.26 Å². The van der Waals surface area contributed by atoms with Gasteiger partial charge in [0.25, 0.3) is 0 Å². The average Bonchev–Trinajstić information content (AvgIpc) is 2.55. The Morgan fingerprint density at radius 2 is 2.14 bits per heavy atom. The number of pyridine rings is 1. The lowest BCUT2D eigenvalue weighted by Crippen LogP contribution is -2.15. The molecule has 3 nitrogen and oxygen atoms in total. The summed E-state index contributed by atoms with van der Waals surface area (Å²) in [6.45, 7) is 0. The fourth-order valence-corrected chi connectivity index (χ4v) is 3.37. The molecule has 1 atom stereocenters. The molecule has 4 heteroatoms. The van der Waals surface area contributed by atoms with Crippen LogP contribution in [0.1, 0.15) is 34.7 Å². The number of aromatic nitrogens is 1. The summed E-state index contributed by atoms with van der Waals surface area (Å²) in [4.78, 5) is 3.29. The zero-order valence-corrected chi connectivity index (χ0v) is 13.0. The van der Waals surface area contributed by atoms with Gasteiger partial charge in [-0.3, -0.25) is 0 Å². The minimum Gasteiger partial charge on any atom is -0.398 e. The number of benzene rings is 1. The predicted octanol–water partition coefficient (Wildman–Crippen LogP) is 3.84. The van der Waals surface area contributed by atoms with Crippen LogP contribution < -0.4 is 5.73 Å². The molecule has 1 aliphatic rings. The van der Waals surface area contributed by atoms with Gasteiger partial charge in [0.15, 0.2) is 0 Å². The third-order valence-electron chi connectivity index (χ3n) is 4.23. The van der Waals surface area contributed by atoms with E-state index in [-0.39, 0.29) is 0 Å². The van der Waals surface area contributed by atoms with E-state index in [0.717, 1.165) is 24.8 Å². The Labute approximate surface area is 135 Å². The maximum Gasteiger partial charge on any atom is 0.112 e. The summed E-state index contributed by atoms with van der Waals surface area (Å²) in [6, 6.07) is 14.6. The third-order valence-corrected chi connectivity index (χ3v) is 4.55. The van der Waals surface area contributed by atoms with Gasteiger partial charge in [0.05, 0.1) is 11.8 Å². The molecule has 3 rings (SSSR count). The summed E-state index contributed by atoms with van der Waals surface area (Å²) in [6.07, 6.45) is 4.41. The van der Waals surface area contributed by atoms with E-state index in [1.165, 1.54) is 22.9 Å². The van der Waals surface area contributed by atoms with Crippen LogP contribution >= 0.6 is 12.2 Å². The summed E-state index contributed by atoms with van der Waals surface area (Å²) < 4.78 is 0.612. The number of H-pyrrole nitrogens is 1. The Hall–Kier alpha value is -2.38. The highest BCUT2D eigenvalue weighted by Gasteiger charge is 2.21.